The maximum atomic E-state index is 10.7. The molecule has 0 unspecified atom stereocenters. The molecule has 1 N–H and O–H groups in total. The largest absolute Gasteiger partial charge is 0.356 e. The predicted octanol–water partition coefficient (Wildman–Crippen LogP) is 1.56. The molecule has 2 aromatic heterocycles. The minimum absolute atomic E-state index is 0.0236. The van der Waals surface area contributed by atoms with E-state index >= 15 is 0 Å². The molecule has 16 heavy (non-hydrogen) atoms. The number of carbonyl (C=O) groups is 1. The van der Waals surface area contributed by atoms with Gasteiger partial charge < -0.3 is 9.88 Å². The minimum atomic E-state index is 0.0236. The van der Waals surface area contributed by atoms with Gasteiger partial charge >= 0.3 is 0 Å². The van der Waals surface area contributed by atoms with Gasteiger partial charge in [0.2, 0.25) is 5.91 Å². The summed E-state index contributed by atoms with van der Waals surface area (Å²) in [5, 5.41) is 3.94. The molecule has 84 valence electrons. The molecule has 0 aliphatic carbocycles. The van der Waals surface area contributed by atoms with Crippen molar-refractivity contribution < 1.29 is 4.79 Å². The molecule has 4 nitrogen and oxygen atoms in total. The van der Waals surface area contributed by atoms with Gasteiger partial charge in [-0.25, -0.2) is 4.98 Å². The number of rotatable bonds is 4. The highest BCUT2D eigenvalue weighted by Gasteiger charge is 2.00. The lowest BCUT2D eigenvalue weighted by molar-refractivity contribution is -0.118. The summed E-state index contributed by atoms with van der Waals surface area (Å²) >= 11 is 0. The fourth-order valence-electron chi connectivity index (χ4n) is 1.71. The number of nitrogens with one attached hydrogen (secondary N) is 1. The molecule has 0 saturated carbocycles. The second-order valence-corrected chi connectivity index (χ2v) is 3.76. The van der Waals surface area contributed by atoms with Gasteiger partial charge in [-0.15, -0.1) is 0 Å². The van der Waals surface area contributed by atoms with E-state index in [0.717, 1.165) is 24.0 Å². The zero-order valence-corrected chi connectivity index (χ0v) is 9.31. The standard InChI is InChI=1S/C12H15N3O/c1-10(16)13-7-3-8-15-9-5-11-4-2-6-14-12(11)15/h2,4-6,9H,3,7-8H2,1H3,(H,13,16). The molecule has 1 amide bonds. The first-order valence-electron chi connectivity index (χ1n) is 5.41. The van der Waals surface area contributed by atoms with Crippen LogP contribution in [0.15, 0.2) is 30.6 Å². The van der Waals surface area contributed by atoms with Gasteiger partial charge in [-0.1, -0.05) is 0 Å². The smallest absolute Gasteiger partial charge is 0.216 e. The summed E-state index contributed by atoms with van der Waals surface area (Å²) in [6.07, 6.45) is 4.75. The summed E-state index contributed by atoms with van der Waals surface area (Å²) in [6.45, 7) is 3.12. The van der Waals surface area contributed by atoms with E-state index in [4.69, 9.17) is 0 Å². The Bertz CT molecular complexity index is 490. The van der Waals surface area contributed by atoms with E-state index < -0.39 is 0 Å². The monoisotopic (exact) mass is 217 g/mol. The third kappa shape index (κ3) is 2.39. The van der Waals surface area contributed by atoms with Crippen LogP contribution in [-0.4, -0.2) is 22.0 Å². The van der Waals surface area contributed by atoms with Crippen LogP contribution in [0.25, 0.3) is 11.0 Å². The highest BCUT2D eigenvalue weighted by Crippen LogP contribution is 2.12. The lowest BCUT2D eigenvalue weighted by atomic mass is 10.3. The number of fused-ring (bicyclic) bond motifs is 1. The summed E-state index contributed by atoms with van der Waals surface area (Å²) in [7, 11) is 0. The second-order valence-electron chi connectivity index (χ2n) is 3.76. The Morgan fingerprint density at radius 3 is 3.19 bits per heavy atom. The van der Waals surface area contributed by atoms with E-state index in [2.05, 4.69) is 20.9 Å². The molecule has 0 bridgehead atoms. The van der Waals surface area contributed by atoms with Gasteiger partial charge in [0.25, 0.3) is 0 Å². The van der Waals surface area contributed by atoms with Gasteiger partial charge in [0, 0.05) is 37.8 Å². The lowest BCUT2D eigenvalue weighted by Gasteiger charge is -2.04. The van der Waals surface area contributed by atoms with Gasteiger partial charge in [0.05, 0.1) is 0 Å². The number of amides is 1. The number of carbonyl (C=O) groups excluding carboxylic acids is 1. The van der Waals surface area contributed by atoms with E-state index in [9.17, 15) is 4.79 Å². The first-order chi connectivity index (χ1) is 7.77. The molecule has 2 rings (SSSR count). The Morgan fingerprint density at radius 1 is 1.50 bits per heavy atom. The van der Waals surface area contributed by atoms with Crippen LogP contribution in [0.4, 0.5) is 0 Å². The van der Waals surface area contributed by atoms with E-state index in [1.807, 2.05) is 18.3 Å². The Balaban J connectivity index is 1.97. The van der Waals surface area contributed by atoms with Crippen LogP contribution >= 0.6 is 0 Å². The van der Waals surface area contributed by atoms with Crippen LogP contribution in [0, 0.1) is 0 Å². The molecular weight excluding hydrogens is 202 g/mol. The summed E-state index contributed by atoms with van der Waals surface area (Å²) < 4.78 is 2.11. The van der Waals surface area contributed by atoms with Crippen LogP contribution in [-0.2, 0) is 11.3 Å². The Kier molecular flexibility index (Phi) is 3.19. The minimum Gasteiger partial charge on any atom is -0.356 e. The quantitative estimate of drug-likeness (QED) is 0.790. The summed E-state index contributed by atoms with van der Waals surface area (Å²) in [5.41, 5.74) is 1.00. The predicted molar refractivity (Wildman–Crippen MR) is 63.0 cm³/mol. The molecule has 0 aliphatic rings. The number of aryl methyl sites for hydroxylation is 1. The van der Waals surface area contributed by atoms with Gasteiger partial charge in [-0.2, -0.15) is 0 Å². The number of hydrogen-bond donors (Lipinski definition) is 1. The zero-order valence-electron chi connectivity index (χ0n) is 9.31. The molecule has 0 aliphatic heterocycles. The van der Waals surface area contributed by atoms with Crippen LogP contribution in [0.1, 0.15) is 13.3 Å². The average Bonchev–Trinajstić information content (AvgIpc) is 2.68. The molecule has 2 heterocycles. The summed E-state index contributed by atoms with van der Waals surface area (Å²) in [5.74, 6) is 0.0236. The maximum Gasteiger partial charge on any atom is 0.216 e. The van der Waals surface area contributed by atoms with Crippen molar-refractivity contribution in [3.63, 3.8) is 0 Å². The van der Waals surface area contributed by atoms with Crippen LogP contribution in [0.5, 0.6) is 0 Å². The fraction of sp³-hybridized carbons (Fsp3) is 0.333. The van der Waals surface area contributed by atoms with E-state index in [1.54, 1.807) is 6.20 Å². The number of aromatic nitrogens is 2. The molecule has 0 radical (unpaired) electrons. The Hall–Kier alpha value is -1.84. The zero-order chi connectivity index (χ0) is 11.4. The first kappa shape index (κ1) is 10.7. The summed E-state index contributed by atoms with van der Waals surface area (Å²) in [6, 6.07) is 6.04. The molecule has 0 spiro atoms. The van der Waals surface area contributed by atoms with Crippen molar-refractivity contribution in [2.45, 2.75) is 19.9 Å². The molecule has 4 heteroatoms. The van der Waals surface area contributed by atoms with Gasteiger partial charge in [-0.05, 0) is 24.6 Å². The van der Waals surface area contributed by atoms with Crippen molar-refractivity contribution in [2.75, 3.05) is 6.54 Å². The lowest BCUT2D eigenvalue weighted by Crippen LogP contribution is -2.21. The van der Waals surface area contributed by atoms with Crippen molar-refractivity contribution in [1.29, 1.82) is 0 Å². The van der Waals surface area contributed by atoms with Gasteiger partial charge in [-0.3, -0.25) is 4.79 Å². The highest BCUT2D eigenvalue weighted by atomic mass is 16.1. The summed E-state index contributed by atoms with van der Waals surface area (Å²) in [4.78, 5) is 15.0. The van der Waals surface area contributed by atoms with Crippen molar-refractivity contribution in [3.8, 4) is 0 Å². The topological polar surface area (TPSA) is 46.9 Å². The fourth-order valence-corrected chi connectivity index (χ4v) is 1.71. The van der Waals surface area contributed by atoms with E-state index in [0.29, 0.717) is 6.54 Å². The van der Waals surface area contributed by atoms with Crippen molar-refractivity contribution >= 4 is 16.9 Å². The normalized spacial score (nSPS) is 10.6. The van der Waals surface area contributed by atoms with Gasteiger partial charge in [0.1, 0.15) is 5.65 Å². The SMILES string of the molecule is CC(=O)NCCCn1ccc2cccnc21. The second kappa shape index (κ2) is 4.79. The first-order valence-corrected chi connectivity index (χ1v) is 5.41. The Labute approximate surface area is 94.3 Å². The molecular formula is C12H15N3O. The molecule has 0 atom stereocenters. The van der Waals surface area contributed by atoms with Crippen molar-refractivity contribution in [1.82, 2.24) is 14.9 Å². The van der Waals surface area contributed by atoms with Crippen molar-refractivity contribution in [3.05, 3.63) is 30.6 Å². The van der Waals surface area contributed by atoms with E-state index in [-0.39, 0.29) is 5.91 Å². The van der Waals surface area contributed by atoms with Crippen LogP contribution in [0.3, 0.4) is 0 Å². The molecule has 0 fully saturated rings. The van der Waals surface area contributed by atoms with E-state index in [1.165, 1.54) is 6.92 Å². The molecule has 2 aromatic rings. The van der Waals surface area contributed by atoms with Crippen LogP contribution < -0.4 is 5.32 Å². The third-order valence-electron chi connectivity index (χ3n) is 2.47. The highest BCUT2D eigenvalue weighted by molar-refractivity contribution is 5.75. The number of pyridine rings is 1. The van der Waals surface area contributed by atoms with Crippen LogP contribution in [0.2, 0.25) is 0 Å². The van der Waals surface area contributed by atoms with Gasteiger partial charge in [0.15, 0.2) is 0 Å². The molecule has 0 aromatic carbocycles. The maximum absolute atomic E-state index is 10.7. The van der Waals surface area contributed by atoms with Crippen molar-refractivity contribution in [2.24, 2.45) is 0 Å². The average molecular weight is 217 g/mol. The molecule has 0 saturated heterocycles. The third-order valence-corrected chi connectivity index (χ3v) is 2.47. The number of hydrogen-bond acceptors (Lipinski definition) is 2. The Morgan fingerprint density at radius 2 is 2.38 bits per heavy atom. The number of nitrogens with zero attached hydrogens (tertiary/aromatic N) is 2.